The van der Waals surface area contributed by atoms with Gasteiger partial charge in [-0.3, -0.25) is 0 Å². The molecule has 2 heterocycles. The third kappa shape index (κ3) is 4.73. The van der Waals surface area contributed by atoms with Gasteiger partial charge in [0.1, 0.15) is 5.60 Å². The first-order valence-electron chi connectivity index (χ1n) is 11.2. The molecule has 156 valence electrons. The Balaban J connectivity index is 1.51. The Morgan fingerprint density at radius 2 is 1.59 bits per heavy atom. The van der Waals surface area contributed by atoms with Crippen molar-refractivity contribution in [1.29, 1.82) is 0 Å². The van der Waals surface area contributed by atoms with Crippen LogP contribution in [0.5, 0.6) is 0 Å². The third-order valence-corrected chi connectivity index (χ3v) is 8.47. The van der Waals surface area contributed by atoms with Crippen molar-refractivity contribution < 1.29 is 10.0 Å². The van der Waals surface area contributed by atoms with E-state index in [2.05, 4.69) is 49.9 Å². The van der Waals surface area contributed by atoms with Crippen molar-refractivity contribution >= 4 is 11.8 Å². The van der Waals surface area contributed by atoms with Crippen molar-refractivity contribution in [3.63, 3.8) is 0 Å². The van der Waals surface area contributed by atoms with Gasteiger partial charge in [-0.05, 0) is 42.6 Å². The summed E-state index contributed by atoms with van der Waals surface area (Å²) in [6.45, 7) is 8.40. The molecule has 2 aromatic rings. The highest BCUT2D eigenvalue weighted by Gasteiger charge is 2.45. The summed E-state index contributed by atoms with van der Waals surface area (Å²) >= 11 is 2.15. The van der Waals surface area contributed by atoms with Crippen LogP contribution >= 0.6 is 11.8 Å². The standard InChI is InChI=1S/C26H35NOS/c1-24(2)20-25(16-19-29-24)14-9-17-27(21-25)18-15-26(28,22-10-5-3-6-11-22)23-12-7-4-8-13-23/h3-8,10-13,28H,9,14-21H2,1-2H3/p+1/t25-/m1/s1. The van der Waals surface area contributed by atoms with E-state index in [0.717, 1.165) is 24.1 Å². The van der Waals surface area contributed by atoms with E-state index >= 15 is 0 Å². The number of hydrogen-bond acceptors (Lipinski definition) is 2. The van der Waals surface area contributed by atoms with Gasteiger partial charge in [-0.15, -0.1) is 0 Å². The number of quaternary nitrogens is 1. The Kier molecular flexibility index (Phi) is 6.11. The van der Waals surface area contributed by atoms with Crippen LogP contribution in [0.1, 0.15) is 57.1 Å². The van der Waals surface area contributed by atoms with Crippen LogP contribution in [0.2, 0.25) is 0 Å². The third-order valence-electron chi connectivity index (χ3n) is 7.13. The Labute approximate surface area is 180 Å². The van der Waals surface area contributed by atoms with Gasteiger partial charge in [0.25, 0.3) is 0 Å². The molecule has 0 amide bonds. The zero-order valence-corrected chi connectivity index (χ0v) is 18.8. The number of rotatable bonds is 5. The van der Waals surface area contributed by atoms with Crippen LogP contribution in [0.15, 0.2) is 60.7 Å². The lowest BCUT2D eigenvalue weighted by Gasteiger charge is -2.48. The molecular formula is C26H36NOS+. The highest BCUT2D eigenvalue weighted by Crippen LogP contribution is 2.48. The van der Waals surface area contributed by atoms with E-state index in [-0.39, 0.29) is 0 Å². The summed E-state index contributed by atoms with van der Waals surface area (Å²) in [5.41, 5.74) is 1.61. The fraction of sp³-hybridized carbons (Fsp3) is 0.538. The Morgan fingerprint density at radius 1 is 0.966 bits per heavy atom. The van der Waals surface area contributed by atoms with Gasteiger partial charge in [-0.1, -0.05) is 74.5 Å². The van der Waals surface area contributed by atoms with Crippen molar-refractivity contribution in [2.75, 3.05) is 25.4 Å². The van der Waals surface area contributed by atoms with Gasteiger partial charge in [0.05, 0.1) is 19.6 Å². The van der Waals surface area contributed by atoms with Gasteiger partial charge in [0.2, 0.25) is 0 Å². The van der Waals surface area contributed by atoms with E-state index in [9.17, 15) is 5.11 Å². The van der Waals surface area contributed by atoms with Gasteiger partial charge in [-0.2, -0.15) is 11.8 Å². The van der Waals surface area contributed by atoms with E-state index in [1.807, 2.05) is 36.4 Å². The van der Waals surface area contributed by atoms with Crippen molar-refractivity contribution in [2.24, 2.45) is 5.41 Å². The molecule has 2 nitrogen and oxygen atoms in total. The zero-order valence-electron chi connectivity index (χ0n) is 18.0. The number of piperidine rings is 1. The Morgan fingerprint density at radius 3 is 2.17 bits per heavy atom. The summed E-state index contributed by atoms with van der Waals surface area (Å²) in [4.78, 5) is 1.68. The van der Waals surface area contributed by atoms with E-state index < -0.39 is 5.60 Å². The second-order valence-electron chi connectivity index (χ2n) is 9.91. The molecule has 2 aromatic carbocycles. The van der Waals surface area contributed by atoms with Crippen LogP contribution in [0, 0.1) is 5.41 Å². The first kappa shape index (κ1) is 21.0. The van der Waals surface area contributed by atoms with Gasteiger partial charge in [-0.25, -0.2) is 0 Å². The summed E-state index contributed by atoms with van der Waals surface area (Å²) < 4.78 is 0.412. The molecule has 2 N–H and O–H groups in total. The minimum Gasteiger partial charge on any atom is -0.380 e. The molecule has 2 aliphatic rings. The minimum absolute atomic E-state index is 0.412. The maximum atomic E-state index is 11.9. The Hall–Kier alpha value is -1.29. The van der Waals surface area contributed by atoms with Gasteiger partial charge < -0.3 is 10.0 Å². The number of benzene rings is 2. The topological polar surface area (TPSA) is 24.7 Å². The number of aliphatic hydroxyl groups is 1. The predicted molar refractivity (Wildman–Crippen MR) is 124 cm³/mol. The lowest BCUT2D eigenvalue weighted by Crippen LogP contribution is -3.14. The SMILES string of the molecule is CC1(C)C[C@@]2(CCC[NH+](CCC(O)(c3ccccc3)c3ccccc3)C2)CCS1. The lowest BCUT2D eigenvalue weighted by molar-refractivity contribution is -0.914. The number of thioether (sulfide) groups is 1. The van der Waals surface area contributed by atoms with Crippen molar-refractivity contribution in [3.8, 4) is 0 Å². The van der Waals surface area contributed by atoms with E-state index in [0.29, 0.717) is 10.2 Å². The molecule has 2 saturated heterocycles. The maximum Gasteiger partial charge on any atom is 0.120 e. The predicted octanol–water partition coefficient (Wildman–Crippen LogP) is 4.28. The second-order valence-corrected chi connectivity index (χ2v) is 11.7. The van der Waals surface area contributed by atoms with Crippen molar-refractivity contribution in [1.82, 2.24) is 0 Å². The molecule has 1 unspecified atom stereocenters. The van der Waals surface area contributed by atoms with Crippen LogP contribution in [-0.2, 0) is 5.60 Å². The molecule has 0 aromatic heterocycles. The summed E-state index contributed by atoms with van der Waals surface area (Å²) in [6.07, 6.45) is 6.19. The molecule has 29 heavy (non-hydrogen) atoms. The summed E-state index contributed by atoms with van der Waals surface area (Å²) in [5.74, 6) is 1.30. The van der Waals surface area contributed by atoms with Gasteiger partial charge in [0, 0.05) is 16.6 Å². The van der Waals surface area contributed by atoms with Crippen molar-refractivity contribution in [3.05, 3.63) is 71.8 Å². The quantitative estimate of drug-likeness (QED) is 0.769. The molecule has 0 bridgehead atoms. The molecule has 2 fully saturated rings. The molecular weight excluding hydrogens is 374 g/mol. The van der Waals surface area contributed by atoms with Crippen LogP contribution < -0.4 is 4.90 Å². The summed E-state index contributed by atoms with van der Waals surface area (Å²) in [7, 11) is 0. The normalized spacial score (nSPS) is 27.1. The second kappa shape index (κ2) is 8.45. The fourth-order valence-corrected chi connectivity index (χ4v) is 7.32. The van der Waals surface area contributed by atoms with E-state index in [4.69, 9.17) is 0 Å². The smallest absolute Gasteiger partial charge is 0.120 e. The average Bonchev–Trinajstić information content (AvgIpc) is 2.72. The maximum absolute atomic E-state index is 11.9. The molecule has 0 saturated carbocycles. The molecule has 2 atom stereocenters. The Bertz CT molecular complexity index is 747. The highest BCUT2D eigenvalue weighted by molar-refractivity contribution is 8.00. The first-order chi connectivity index (χ1) is 13.9. The number of hydrogen-bond donors (Lipinski definition) is 2. The highest BCUT2D eigenvalue weighted by atomic mass is 32.2. The van der Waals surface area contributed by atoms with Crippen LogP contribution in [0.3, 0.4) is 0 Å². The molecule has 0 aliphatic carbocycles. The van der Waals surface area contributed by atoms with Gasteiger partial charge in [0.15, 0.2) is 0 Å². The van der Waals surface area contributed by atoms with E-state index in [1.165, 1.54) is 44.5 Å². The van der Waals surface area contributed by atoms with Crippen LogP contribution in [0.25, 0.3) is 0 Å². The first-order valence-corrected chi connectivity index (χ1v) is 12.2. The minimum atomic E-state index is -0.915. The molecule has 0 radical (unpaired) electrons. The molecule has 3 heteroatoms. The van der Waals surface area contributed by atoms with Crippen molar-refractivity contribution in [2.45, 2.75) is 56.3 Å². The fourth-order valence-electron chi connectivity index (χ4n) is 5.83. The zero-order chi connectivity index (χ0) is 20.4. The summed E-state index contributed by atoms with van der Waals surface area (Å²) in [6, 6.07) is 20.5. The number of likely N-dealkylation sites (tertiary alicyclic amines) is 1. The monoisotopic (exact) mass is 410 g/mol. The summed E-state index contributed by atoms with van der Waals surface area (Å²) in [5, 5.41) is 11.9. The van der Waals surface area contributed by atoms with Gasteiger partial charge >= 0.3 is 0 Å². The van der Waals surface area contributed by atoms with Crippen LogP contribution in [0.4, 0.5) is 0 Å². The van der Waals surface area contributed by atoms with Crippen LogP contribution in [-0.4, -0.2) is 35.2 Å². The molecule has 1 spiro atoms. The number of nitrogens with one attached hydrogen (secondary N) is 1. The molecule has 2 aliphatic heterocycles. The van der Waals surface area contributed by atoms with E-state index in [1.54, 1.807) is 4.90 Å². The average molecular weight is 411 g/mol. The largest absolute Gasteiger partial charge is 0.380 e. The lowest BCUT2D eigenvalue weighted by atomic mass is 9.71. The molecule has 4 rings (SSSR count).